The van der Waals surface area contributed by atoms with Gasteiger partial charge in [-0.1, -0.05) is 34.6 Å². The maximum absolute atomic E-state index is 13.1. The Morgan fingerprint density at radius 1 is 1.26 bits per heavy atom. The SMILES string of the molecule is C=CC(=O)N1CC(NC(=O)Cn2cc(C3(N4CCc5c(cccc5OC)C4)CC3)c3cc(Br)cc(C)c32)C1. The molecule has 198 valence electrons. The predicted molar refractivity (Wildman–Crippen MR) is 151 cm³/mol. The van der Waals surface area contributed by atoms with Gasteiger partial charge < -0.3 is 19.5 Å². The minimum atomic E-state index is -0.0914. The molecule has 2 fully saturated rings. The molecule has 1 aliphatic carbocycles. The molecular weight excluding hydrogens is 544 g/mol. The van der Waals surface area contributed by atoms with Crippen LogP contribution in [0, 0.1) is 6.92 Å². The average Bonchev–Trinajstić information content (AvgIpc) is 3.61. The van der Waals surface area contributed by atoms with Crippen molar-refractivity contribution in [3.63, 3.8) is 0 Å². The molecule has 1 N–H and O–H groups in total. The fraction of sp³-hybridized carbons (Fsp3) is 0.400. The Balaban J connectivity index is 1.28. The molecule has 38 heavy (non-hydrogen) atoms. The van der Waals surface area contributed by atoms with Crippen molar-refractivity contribution in [1.29, 1.82) is 0 Å². The molecule has 1 saturated heterocycles. The van der Waals surface area contributed by atoms with Crippen LogP contribution in [0.4, 0.5) is 0 Å². The van der Waals surface area contributed by atoms with Crippen molar-refractivity contribution in [2.24, 2.45) is 0 Å². The van der Waals surface area contributed by atoms with E-state index in [-0.39, 0.29) is 29.9 Å². The Labute approximate surface area is 231 Å². The molecule has 0 radical (unpaired) electrons. The number of carbonyl (C=O) groups is 2. The lowest BCUT2D eigenvalue weighted by atomic mass is 9.94. The van der Waals surface area contributed by atoms with Gasteiger partial charge in [0.15, 0.2) is 0 Å². The second kappa shape index (κ2) is 9.58. The van der Waals surface area contributed by atoms with Gasteiger partial charge in [-0.2, -0.15) is 0 Å². The quantitative estimate of drug-likeness (QED) is 0.426. The van der Waals surface area contributed by atoms with E-state index in [1.807, 2.05) is 0 Å². The van der Waals surface area contributed by atoms with E-state index in [1.165, 1.54) is 28.2 Å². The molecule has 1 saturated carbocycles. The van der Waals surface area contributed by atoms with Gasteiger partial charge in [0.25, 0.3) is 0 Å². The Kier molecular flexibility index (Phi) is 6.35. The van der Waals surface area contributed by atoms with Crippen LogP contribution >= 0.6 is 15.9 Å². The summed E-state index contributed by atoms with van der Waals surface area (Å²) in [5.74, 6) is 0.860. The third kappa shape index (κ3) is 4.24. The number of ether oxygens (including phenoxy) is 1. The highest BCUT2D eigenvalue weighted by atomic mass is 79.9. The highest BCUT2D eigenvalue weighted by Gasteiger charge is 2.51. The van der Waals surface area contributed by atoms with Crippen molar-refractivity contribution in [1.82, 2.24) is 19.7 Å². The maximum atomic E-state index is 13.1. The van der Waals surface area contributed by atoms with Crippen molar-refractivity contribution in [2.45, 2.75) is 50.9 Å². The number of hydrogen-bond acceptors (Lipinski definition) is 4. The largest absolute Gasteiger partial charge is 0.496 e. The van der Waals surface area contributed by atoms with Gasteiger partial charge in [0, 0.05) is 47.8 Å². The molecule has 2 amide bonds. The molecule has 3 heterocycles. The Morgan fingerprint density at radius 2 is 2.05 bits per heavy atom. The van der Waals surface area contributed by atoms with E-state index < -0.39 is 0 Å². The van der Waals surface area contributed by atoms with Crippen molar-refractivity contribution < 1.29 is 14.3 Å². The third-order valence-electron chi connectivity index (χ3n) is 8.45. The summed E-state index contributed by atoms with van der Waals surface area (Å²) < 4.78 is 8.80. The zero-order chi connectivity index (χ0) is 26.6. The summed E-state index contributed by atoms with van der Waals surface area (Å²) >= 11 is 3.72. The average molecular weight is 578 g/mol. The van der Waals surface area contributed by atoms with Gasteiger partial charge in [-0.15, -0.1) is 0 Å². The fourth-order valence-corrected chi connectivity index (χ4v) is 6.99. The van der Waals surface area contributed by atoms with Crippen molar-refractivity contribution in [3.05, 3.63) is 75.9 Å². The molecule has 7 nitrogen and oxygen atoms in total. The molecule has 0 bridgehead atoms. The third-order valence-corrected chi connectivity index (χ3v) is 8.91. The monoisotopic (exact) mass is 576 g/mol. The lowest BCUT2D eigenvalue weighted by molar-refractivity contribution is -0.133. The van der Waals surface area contributed by atoms with Gasteiger partial charge in [-0.05, 0) is 72.7 Å². The number of hydrogen-bond donors (Lipinski definition) is 1. The molecule has 0 atom stereocenters. The standard InChI is InChI=1S/C30H33BrN4O3/c1-4-28(37)33-15-22(16-33)32-27(36)18-34-17-25(24-13-21(31)12-19(2)29(24)34)30(9-10-30)35-11-8-23-20(14-35)6-5-7-26(23)38-3/h4-7,12-13,17,22H,1,8-11,14-16,18H2,2-3H3,(H,32,36). The van der Waals surface area contributed by atoms with Gasteiger partial charge in [0.05, 0.1) is 18.7 Å². The summed E-state index contributed by atoms with van der Waals surface area (Å²) in [6.07, 6.45) is 6.72. The van der Waals surface area contributed by atoms with E-state index in [0.717, 1.165) is 53.7 Å². The number of aromatic nitrogens is 1. The molecule has 2 aromatic carbocycles. The Bertz CT molecular complexity index is 1450. The first-order valence-corrected chi connectivity index (χ1v) is 14.0. The molecule has 3 aromatic rings. The van der Waals surface area contributed by atoms with Crippen LogP contribution in [0.3, 0.4) is 0 Å². The minimum Gasteiger partial charge on any atom is -0.496 e. The number of amides is 2. The smallest absolute Gasteiger partial charge is 0.246 e. The van der Waals surface area contributed by atoms with E-state index in [2.05, 4.69) is 80.7 Å². The second-order valence-corrected chi connectivity index (χ2v) is 11.7. The number of carbonyl (C=O) groups excluding carboxylic acids is 2. The summed E-state index contributed by atoms with van der Waals surface area (Å²) in [6, 6.07) is 10.7. The molecule has 1 aromatic heterocycles. The van der Waals surface area contributed by atoms with Gasteiger partial charge in [-0.25, -0.2) is 0 Å². The number of rotatable bonds is 7. The summed E-state index contributed by atoms with van der Waals surface area (Å²) in [5, 5.41) is 4.31. The number of nitrogens with one attached hydrogen (secondary N) is 1. The van der Waals surface area contributed by atoms with Crippen molar-refractivity contribution in [2.75, 3.05) is 26.7 Å². The number of fused-ring (bicyclic) bond motifs is 2. The topological polar surface area (TPSA) is 66.8 Å². The van der Waals surface area contributed by atoms with Crippen LogP contribution in [0.1, 0.15) is 35.1 Å². The summed E-state index contributed by atoms with van der Waals surface area (Å²) in [4.78, 5) is 29.1. The number of benzene rings is 2. The first kappa shape index (κ1) is 25.2. The number of nitrogens with zero attached hydrogens (tertiary/aromatic N) is 3. The van der Waals surface area contributed by atoms with E-state index in [9.17, 15) is 9.59 Å². The highest BCUT2D eigenvalue weighted by molar-refractivity contribution is 9.10. The van der Waals surface area contributed by atoms with E-state index >= 15 is 0 Å². The highest BCUT2D eigenvalue weighted by Crippen LogP contribution is 2.55. The zero-order valence-corrected chi connectivity index (χ0v) is 23.5. The van der Waals surface area contributed by atoms with Crippen LogP contribution in [-0.4, -0.2) is 59.0 Å². The van der Waals surface area contributed by atoms with Crippen molar-refractivity contribution in [3.8, 4) is 5.75 Å². The molecular formula is C30H33BrN4O3. The van der Waals surface area contributed by atoms with Crippen LogP contribution in [0.5, 0.6) is 5.75 Å². The fourth-order valence-electron chi connectivity index (χ4n) is 6.42. The molecule has 8 heteroatoms. The lowest BCUT2D eigenvalue weighted by Crippen LogP contribution is -2.61. The predicted octanol–water partition coefficient (Wildman–Crippen LogP) is 4.28. The van der Waals surface area contributed by atoms with Crippen LogP contribution in [0.15, 0.2) is 53.7 Å². The Hall–Kier alpha value is -3.10. The van der Waals surface area contributed by atoms with Gasteiger partial charge in [0.2, 0.25) is 11.8 Å². The van der Waals surface area contributed by atoms with Gasteiger partial charge >= 0.3 is 0 Å². The lowest BCUT2D eigenvalue weighted by Gasteiger charge is -2.38. The molecule has 0 unspecified atom stereocenters. The van der Waals surface area contributed by atoms with Gasteiger partial charge in [0.1, 0.15) is 12.3 Å². The maximum Gasteiger partial charge on any atom is 0.246 e. The number of halogens is 1. The normalized spacial score (nSPS) is 18.6. The zero-order valence-electron chi connectivity index (χ0n) is 21.9. The number of methoxy groups -OCH3 is 1. The summed E-state index contributed by atoms with van der Waals surface area (Å²) in [7, 11) is 1.75. The summed E-state index contributed by atoms with van der Waals surface area (Å²) in [5.41, 5.74) is 6.21. The van der Waals surface area contributed by atoms with Crippen LogP contribution in [-0.2, 0) is 34.6 Å². The first-order chi connectivity index (χ1) is 18.3. The molecule has 2 aliphatic heterocycles. The van der Waals surface area contributed by atoms with E-state index in [0.29, 0.717) is 13.1 Å². The van der Waals surface area contributed by atoms with Gasteiger partial charge in [-0.3, -0.25) is 14.5 Å². The number of aryl methyl sites for hydroxylation is 1. The minimum absolute atomic E-state index is 0.0110. The van der Waals surface area contributed by atoms with E-state index in [1.54, 1.807) is 12.0 Å². The second-order valence-electron chi connectivity index (χ2n) is 10.8. The first-order valence-electron chi connectivity index (χ1n) is 13.2. The van der Waals surface area contributed by atoms with Crippen LogP contribution < -0.4 is 10.1 Å². The van der Waals surface area contributed by atoms with Crippen molar-refractivity contribution >= 4 is 38.6 Å². The molecule has 0 spiro atoms. The van der Waals surface area contributed by atoms with E-state index in [4.69, 9.17) is 4.74 Å². The van der Waals surface area contributed by atoms with Crippen LogP contribution in [0.2, 0.25) is 0 Å². The molecule has 3 aliphatic rings. The summed E-state index contributed by atoms with van der Waals surface area (Å²) in [6.45, 7) is 8.84. The molecule has 6 rings (SSSR count). The number of likely N-dealkylation sites (tertiary alicyclic amines) is 1. The Morgan fingerprint density at radius 3 is 2.76 bits per heavy atom. The van der Waals surface area contributed by atoms with Crippen LogP contribution in [0.25, 0.3) is 10.9 Å².